The third-order valence-electron chi connectivity index (χ3n) is 4.10. The highest BCUT2D eigenvalue weighted by molar-refractivity contribution is 5.91. The molecule has 1 aliphatic carbocycles. The molecule has 5 heteroatoms. The van der Waals surface area contributed by atoms with Crippen LogP contribution in [0.3, 0.4) is 0 Å². The average molecular weight is 301 g/mol. The number of amides is 1. The Morgan fingerprint density at radius 3 is 2.86 bits per heavy atom. The summed E-state index contributed by atoms with van der Waals surface area (Å²) in [4.78, 5) is 12.2. The van der Waals surface area contributed by atoms with Crippen LogP contribution in [-0.4, -0.2) is 15.7 Å². The summed E-state index contributed by atoms with van der Waals surface area (Å²) >= 11 is 0. The normalized spacial score (nSPS) is 15.7. The molecule has 0 saturated heterocycles. The number of carbonyl (C=O) groups excluding carboxylic acids is 1. The molecule has 0 unspecified atom stereocenters. The van der Waals surface area contributed by atoms with E-state index in [4.69, 9.17) is 0 Å². The van der Waals surface area contributed by atoms with Crippen LogP contribution in [0.2, 0.25) is 0 Å². The Morgan fingerprint density at radius 2 is 2.09 bits per heavy atom. The number of rotatable bonds is 4. The molecular weight excluding hydrogens is 281 g/mol. The molecule has 0 aliphatic heterocycles. The van der Waals surface area contributed by atoms with E-state index in [1.807, 2.05) is 6.07 Å². The highest BCUT2D eigenvalue weighted by Crippen LogP contribution is 2.24. The van der Waals surface area contributed by atoms with Gasteiger partial charge >= 0.3 is 0 Å². The van der Waals surface area contributed by atoms with Crippen molar-refractivity contribution in [3.8, 4) is 0 Å². The van der Waals surface area contributed by atoms with E-state index in [2.05, 4.69) is 10.4 Å². The van der Waals surface area contributed by atoms with E-state index in [0.29, 0.717) is 12.4 Å². The van der Waals surface area contributed by atoms with E-state index in [1.165, 1.54) is 18.6 Å². The van der Waals surface area contributed by atoms with Crippen molar-refractivity contribution in [3.05, 3.63) is 47.9 Å². The number of hydrogen-bond acceptors (Lipinski definition) is 2. The molecule has 1 saturated carbocycles. The Hall–Kier alpha value is -2.17. The van der Waals surface area contributed by atoms with Crippen LogP contribution in [0.4, 0.5) is 10.2 Å². The minimum absolute atomic E-state index is 0.0655. The molecule has 1 aromatic heterocycles. The summed E-state index contributed by atoms with van der Waals surface area (Å²) in [7, 11) is 0. The summed E-state index contributed by atoms with van der Waals surface area (Å²) in [6, 6.07) is 8.22. The minimum atomic E-state index is -0.254. The molecule has 0 radical (unpaired) electrons. The third-order valence-corrected chi connectivity index (χ3v) is 4.10. The first kappa shape index (κ1) is 14.8. The third kappa shape index (κ3) is 3.72. The molecule has 22 heavy (non-hydrogen) atoms. The van der Waals surface area contributed by atoms with Gasteiger partial charge in [0.15, 0.2) is 5.82 Å². The SMILES string of the molecule is O=C(Nc1ccn(Cc2cccc(F)c2)n1)C1CCCCC1. The lowest BCUT2D eigenvalue weighted by molar-refractivity contribution is -0.120. The molecule has 0 atom stereocenters. The molecule has 1 N–H and O–H groups in total. The first-order valence-electron chi connectivity index (χ1n) is 7.79. The van der Waals surface area contributed by atoms with Crippen LogP contribution in [-0.2, 0) is 11.3 Å². The molecule has 1 fully saturated rings. The minimum Gasteiger partial charge on any atom is -0.309 e. The quantitative estimate of drug-likeness (QED) is 0.938. The lowest BCUT2D eigenvalue weighted by Crippen LogP contribution is -2.25. The largest absolute Gasteiger partial charge is 0.309 e. The Morgan fingerprint density at radius 1 is 1.27 bits per heavy atom. The van der Waals surface area contributed by atoms with Crippen molar-refractivity contribution < 1.29 is 9.18 Å². The van der Waals surface area contributed by atoms with Gasteiger partial charge in [-0.05, 0) is 30.5 Å². The number of anilines is 1. The summed E-state index contributed by atoms with van der Waals surface area (Å²) in [6.45, 7) is 0.483. The lowest BCUT2D eigenvalue weighted by atomic mass is 9.89. The van der Waals surface area contributed by atoms with Gasteiger partial charge < -0.3 is 5.32 Å². The molecule has 3 rings (SSSR count). The van der Waals surface area contributed by atoms with Crippen LogP contribution >= 0.6 is 0 Å². The number of nitrogens with zero attached hydrogens (tertiary/aromatic N) is 2. The Balaban J connectivity index is 1.60. The van der Waals surface area contributed by atoms with E-state index in [9.17, 15) is 9.18 Å². The number of carbonyl (C=O) groups is 1. The number of halogens is 1. The van der Waals surface area contributed by atoms with Crippen LogP contribution in [0.5, 0.6) is 0 Å². The predicted molar refractivity (Wildman–Crippen MR) is 82.9 cm³/mol. The Kier molecular flexibility index (Phi) is 4.51. The van der Waals surface area contributed by atoms with Crippen LogP contribution in [0.1, 0.15) is 37.7 Å². The van der Waals surface area contributed by atoms with Crippen molar-refractivity contribution in [1.29, 1.82) is 0 Å². The molecule has 116 valence electrons. The van der Waals surface area contributed by atoms with Gasteiger partial charge in [-0.25, -0.2) is 4.39 Å². The molecule has 1 amide bonds. The zero-order valence-electron chi connectivity index (χ0n) is 12.5. The maximum absolute atomic E-state index is 13.2. The van der Waals surface area contributed by atoms with Crippen molar-refractivity contribution >= 4 is 11.7 Å². The highest BCUT2D eigenvalue weighted by Gasteiger charge is 2.21. The maximum Gasteiger partial charge on any atom is 0.228 e. The summed E-state index contributed by atoms with van der Waals surface area (Å²) in [5.74, 6) is 0.486. The molecule has 1 aliphatic rings. The molecule has 4 nitrogen and oxygen atoms in total. The van der Waals surface area contributed by atoms with Gasteiger partial charge in [0, 0.05) is 18.2 Å². The Bertz CT molecular complexity index is 647. The smallest absolute Gasteiger partial charge is 0.228 e. The predicted octanol–water partition coefficient (Wildman–Crippen LogP) is 3.59. The monoisotopic (exact) mass is 301 g/mol. The molecule has 2 aromatic rings. The van der Waals surface area contributed by atoms with Gasteiger partial charge in [0.05, 0.1) is 6.54 Å². The van der Waals surface area contributed by atoms with E-state index in [0.717, 1.165) is 31.2 Å². The fourth-order valence-corrected chi connectivity index (χ4v) is 2.93. The van der Waals surface area contributed by atoms with Gasteiger partial charge in [-0.2, -0.15) is 5.10 Å². The van der Waals surface area contributed by atoms with Gasteiger partial charge in [0.25, 0.3) is 0 Å². The van der Waals surface area contributed by atoms with Crippen LogP contribution in [0, 0.1) is 11.7 Å². The highest BCUT2D eigenvalue weighted by atomic mass is 19.1. The second-order valence-corrected chi connectivity index (χ2v) is 5.85. The van der Waals surface area contributed by atoms with E-state index in [-0.39, 0.29) is 17.6 Å². The summed E-state index contributed by atoms with van der Waals surface area (Å²) < 4.78 is 14.9. The lowest BCUT2D eigenvalue weighted by Gasteiger charge is -2.19. The topological polar surface area (TPSA) is 46.9 Å². The van der Waals surface area contributed by atoms with Crippen molar-refractivity contribution in [2.75, 3.05) is 5.32 Å². The number of aromatic nitrogens is 2. The van der Waals surface area contributed by atoms with Gasteiger partial charge in [-0.1, -0.05) is 31.4 Å². The second kappa shape index (κ2) is 6.73. The number of hydrogen-bond donors (Lipinski definition) is 1. The zero-order chi connectivity index (χ0) is 15.4. The maximum atomic E-state index is 13.2. The first-order chi connectivity index (χ1) is 10.7. The molecule has 1 heterocycles. The summed E-state index contributed by atoms with van der Waals surface area (Å²) in [6.07, 6.45) is 7.22. The molecule has 0 bridgehead atoms. The van der Waals surface area contributed by atoms with Gasteiger partial charge in [-0.3, -0.25) is 9.48 Å². The van der Waals surface area contributed by atoms with Crippen LogP contribution in [0.15, 0.2) is 36.5 Å². The van der Waals surface area contributed by atoms with Gasteiger partial charge in [0.2, 0.25) is 5.91 Å². The van der Waals surface area contributed by atoms with Crippen LogP contribution < -0.4 is 5.32 Å². The fourth-order valence-electron chi connectivity index (χ4n) is 2.93. The van der Waals surface area contributed by atoms with Crippen molar-refractivity contribution in [1.82, 2.24) is 9.78 Å². The van der Waals surface area contributed by atoms with Gasteiger partial charge in [0.1, 0.15) is 5.82 Å². The van der Waals surface area contributed by atoms with Crippen molar-refractivity contribution in [2.45, 2.75) is 38.6 Å². The first-order valence-corrected chi connectivity index (χ1v) is 7.79. The standard InChI is InChI=1S/C17H20FN3O/c18-15-8-4-5-13(11-15)12-21-10-9-16(20-21)19-17(22)14-6-2-1-3-7-14/h4-5,8-11,14H,1-3,6-7,12H2,(H,19,20,22). The number of benzene rings is 1. The molecular formula is C17H20FN3O. The van der Waals surface area contributed by atoms with Crippen molar-refractivity contribution in [3.63, 3.8) is 0 Å². The summed E-state index contributed by atoms with van der Waals surface area (Å²) in [5.41, 5.74) is 0.841. The van der Waals surface area contributed by atoms with E-state index in [1.54, 1.807) is 23.0 Å². The van der Waals surface area contributed by atoms with Crippen LogP contribution in [0.25, 0.3) is 0 Å². The van der Waals surface area contributed by atoms with E-state index < -0.39 is 0 Å². The molecule has 1 aromatic carbocycles. The average Bonchev–Trinajstić information content (AvgIpc) is 2.95. The summed E-state index contributed by atoms with van der Waals surface area (Å²) in [5, 5.41) is 7.22. The fraction of sp³-hybridized carbons (Fsp3) is 0.412. The van der Waals surface area contributed by atoms with Crippen molar-refractivity contribution in [2.24, 2.45) is 5.92 Å². The zero-order valence-corrected chi connectivity index (χ0v) is 12.5. The van der Waals surface area contributed by atoms with E-state index >= 15 is 0 Å². The van der Waals surface area contributed by atoms with Gasteiger partial charge in [-0.15, -0.1) is 0 Å². The molecule has 0 spiro atoms. The second-order valence-electron chi connectivity index (χ2n) is 5.85. The number of nitrogens with one attached hydrogen (secondary N) is 1. The Labute approximate surface area is 129 Å².